The monoisotopic (exact) mass is 498 g/mol. The van der Waals surface area contributed by atoms with E-state index in [1.165, 1.54) is 41.7 Å². The van der Waals surface area contributed by atoms with Crippen LogP contribution in [0.1, 0.15) is 39.5 Å². The molecule has 6 heterocycles. The lowest BCUT2D eigenvalue weighted by atomic mass is 9.99. The second-order valence-corrected chi connectivity index (χ2v) is 7.98. The number of nitrogens with zero attached hydrogens (tertiary/aromatic N) is 7. The molecule has 182 valence electrons. The van der Waals surface area contributed by atoms with E-state index in [4.69, 9.17) is 4.42 Å². The Balaban J connectivity index is 1.42. The Morgan fingerprint density at radius 2 is 2.00 bits per heavy atom. The van der Waals surface area contributed by atoms with Gasteiger partial charge in [0.15, 0.2) is 11.5 Å². The minimum absolute atomic E-state index is 0.161. The van der Waals surface area contributed by atoms with Gasteiger partial charge in [-0.3, -0.25) is 4.79 Å². The molecule has 10 nitrogen and oxygen atoms in total. The number of pyridine rings is 2. The van der Waals surface area contributed by atoms with Crippen molar-refractivity contribution < 1.29 is 26.8 Å². The Hall–Kier alpha value is -4.62. The van der Waals surface area contributed by atoms with Crippen LogP contribution in [-0.2, 0) is 12.6 Å². The topological polar surface area (TPSA) is 118 Å². The molecule has 0 aromatic carbocycles. The number of alkyl halides is 3. The first-order valence-corrected chi connectivity index (χ1v) is 10.6. The maximum absolute atomic E-state index is 14.1. The lowest BCUT2D eigenvalue weighted by Gasteiger charge is -2.32. The first kappa shape index (κ1) is 21.9. The van der Waals surface area contributed by atoms with E-state index in [9.17, 15) is 22.4 Å². The molecule has 5 aromatic heterocycles. The number of nitrogens with one attached hydrogen (secondary N) is 1. The highest BCUT2D eigenvalue weighted by molar-refractivity contribution is 5.90. The normalized spacial score (nSPS) is 15.9. The minimum atomic E-state index is -4.64. The molecule has 1 atom stereocenters. The summed E-state index contributed by atoms with van der Waals surface area (Å²) in [5.74, 6) is -2.13. The van der Waals surface area contributed by atoms with Gasteiger partial charge in [-0.25, -0.2) is 18.9 Å². The van der Waals surface area contributed by atoms with Crippen LogP contribution in [0, 0.1) is 5.82 Å². The molecule has 1 aliphatic rings. The SMILES string of the molecule is O=C(c1nnc(-c2ncccc2F)o1)N1CCc2[nH]cnc2C1c1cc2cccc(C(F)(F)F)n2n1. The van der Waals surface area contributed by atoms with E-state index in [-0.39, 0.29) is 29.3 Å². The van der Waals surface area contributed by atoms with Crippen LogP contribution in [0.15, 0.2) is 53.3 Å². The maximum atomic E-state index is 14.1. The number of carbonyl (C=O) groups is 1. The van der Waals surface area contributed by atoms with Gasteiger partial charge >= 0.3 is 18.0 Å². The van der Waals surface area contributed by atoms with E-state index in [0.717, 1.165) is 22.3 Å². The van der Waals surface area contributed by atoms with Crippen LogP contribution in [0.2, 0.25) is 0 Å². The van der Waals surface area contributed by atoms with Crippen molar-refractivity contribution in [1.82, 2.24) is 39.7 Å². The molecular formula is C22H14F4N8O2. The van der Waals surface area contributed by atoms with Crippen molar-refractivity contribution >= 4 is 11.4 Å². The molecule has 14 heteroatoms. The Morgan fingerprint density at radius 1 is 1.14 bits per heavy atom. The molecule has 0 radical (unpaired) electrons. The van der Waals surface area contributed by atoms with Crippen LogP contribution < -0.4 is 0 Å². The van der Waals surface area contributed by atoms with Crippen LogP contribution in [0.4, 0.5) is 17.6 Å². The maximum Gasteiger partial charge on any atom is 0.433 e. The standard InChI is InChI=1S/C22H14F4N8O2/c23-12-4-2-7-27-16(12)19-30-31-20(36-19)21(35)33-8-6-13-17(29-10-28-13)18(33)14-9-11-3-1-5-15(22(24,25)26)34(11)32-14/h1-5,7,9-10,18H,6,8H2,(H,28,29). The summed E-state index contributed by atoms with van der Waals surface area (Å²) in [6.07, 6.45) is -1.46. The van der Waals surface area contributed by atoms with Crippen molar-refractivity contribution in [1.29, 1.82) is 0 Å². The fourth-order valence-corrected chi connectivity index (χ4v) is 4.25. The zero-order chi connectivity index (χ0) is 25.0. The van der Waals surface area contributed by atoms with Gasteiger partial charge in [0, 0.05) is 24.9 Å². The van der Waals surface area contributed by atoms with Crippen LogP contribution in [0.5, 0.6) is 0 Å². The molecule has 6 rings (SSSR count). The van der Waals surface area contributed by atoms with Crippen LogP contribution in [0.25, 0.3) is 17.1 Å². The number of amides is 1. The minimum Gasteiger partial charge on any atom is -0.411 e. The molecule has 0 aliphatic carbocycles. The second kappa shape index (κ2) is 7.96. The highest BCUT2D eigenvalue weighted by Gasteiger charge is 2.39. The first-order valence-electron chi connectivity index (χ1n) is 10.6. The average molecular weight is 498 g/mol. The van der Waals surface area contributed by atoms with E-state index in [2.05, 4.69) is 30.2 Å². The highest BCUT2D eigenvalue weighted by Crippen LogP contribution is 2.36. The highest BCUT2D eigenvalue weighted by atomic mass is 19.4. The largest absolute Gasteiger partial charge is 0.433 e. The Morgan fingerprint density at radius 3 is 2.81 bits per heavy atom. The smallest absolute Gasteiger partial charge is 0.411 e. The molecule has 5 aromatic rings. The number of hydrogen-bond acceptors (Lipinski definition) is 7. The van der Waals surface area contributed by atoms with E-state index in [1.54, 1.807) is 0 Å². The van der Waals surface area contributed by atoms with Crippen LogP contribution in [0.3, 0.4) is 0 Å². The van der Waals surface area contributed by atoms with Gasteiger partial charge < -0.3 is 14.3 Å². The van der Waals surface area contributed by atoms with Crippen LogP contribution in [-0.4, -0.2) is 52.1 Å². The van der Waals surface area contributed by atoms with E-state index in [0.29, 0.717) is 12.1 Å². The second-order valence-electron chi connectivity index (χ2n) is 7.98. The predicted octanol–water partition coefficient (Wildman–Crippen LogP) is 3.45. The van der Waals surface area contributed by atoms with Crippen molar-refractivity contribution in [2.24, 2.45) is 0 Å². The molecule has 1 amide bonds. The number of carbonyl (C=O) groups excluding carboxylic acids is 1. The number of imidazole rings is 1. The van der Waals surface area contributed by atoms with Gasteiger partial charge in [-0.1, -0.05) is 6.07 Å². The lowest BCUT2D eigenvalue weighted by Crippen LogP contribution is -2.41. The number of hydrogen-bond donors (Lipinski definition) is 1. The number of aromatic nitrogens is 7. The summed E-state index contributed by atoms with van der Waals surface area (Å²) in [7, 11) is 0. The fraction of sp³-hybridized carbons (Fsp3) is 0.182. The number of fused-ring (bicyclic) bond motifs is 2. The molecule has 1 unspecified atom stereocenters. The summed E-state index contributed by atoms with van der Waals surface area (Å²) >= 11 is 0. The van der Waals surface area contributed by atoms with Gasteiger partial charge in [-0.2, -0.15) is 18.3 Å². The third-order valence-electron chi connectivity index (χ3n) is 5.83. The summed E-state index contributed by atoms with van der Waals surface area (Å²) in [5, 5.41) is 11.7. The molecule has 0 saturated heterocycles. The molecule has 1 aliphatic heterocycles. The fourth-order valence-electron chi connectivity index (χ4n) is 4.25. The predicted molar refractivity (Wildman–Crippen MR) is 113 cm³/mol. The molecule has 1 N–H and O–H groups in total. The van der Waals surface area contributed by atoms with Gasteiger partial charge in [0.1, 0.15) is 11.7 Å². The van der Waals surface area contributed by atoms with Crippen molar-refractivity contribution in [3.8, 4) is 11.6 Å². The number of halogens is 4. The summed E-state index contributed by atoms with van der Waals surface area (Å²) in [4.78, 5) is 25.9. The Labute approximate surface area is 198 Å². The van der Waals surface area contributed by atoms with E-state index >= 15 is 0 Å². The summed E-state index contributed by atoms with van der Waals surface area (Å²) in [6, 6.07) is 6.76. The Bertz CT molecular complexity index is 1600. The zero-order valence-corrected chi connectivity index (χ0v) is 18.1. The zero-order valence-electron chi connectivity index (χ0n) is 18.1. The third kappa shape index (κ3) is 3.49. The number of aromatic amines is 1. The van der Waals surface area contributed by atoms with Crippen molar-refractivity contribution in [3.05, 3.63) is 83.4 Å². The van der Waals surface area contributed by atoms with Crippen molar-refractivity contribution in [2.45, 2.75) is 18.6 Å². The third-order valence-corrected chi connectivity index (χ3v) is 5.83. The number of H-pyrrole nitrogens is 1. The number of rotatable bonds is 3. The quantitative estimate of drug-likeness (QED) is 0.379. The lowest BCUT2D eigenvalue weighted by molar-refractivity contribution is -0.142. The first-order chi connectivity index (χ1) is 17.3. The van der Waals surface area contributed by atoms with Crippen molar-refractivity contribution in [3.63, 3.8) is 0 Å². The van der Waals surface area contributed by atoms with Gasteiger partial charge in [-0.05, 0) is 30.3 Å². The Kier molecular flexibility index (Phi) is 4.84. The van der Waals surface area contributed by atoms with Crippen LogP contribution >= 0.6 is 0 Å². The van der Waals surface area contributed by atoms with Gasteiger partial charge in [0.05, 0.1) is 23.2 Å². The van der Waals surface area contributed by atoms with Gasteiger partial charge in [0.25, 0.3) is 5.89 Å². The molecule has 0 spiro atoms. The van der Waals surface area contributed by atoms with E-state index in [1.807, 2.05) is 0 Å². The van der Waals surface area contributed by atoms with E-state index < -0.39 is 35.5 Å². The van der Waals surface area contributed by atoms with Crippen molar-refractivity contribution in [2.75, 3.05) is 6.54 Å². The summed E-state index contributed by atoms with van der Waals surface area (Å²) < 4.78 is 61.0. The molecule has 0 fully saturated rings. The summed E-state index contributed by atoms with van der Waals surface area (Å²) in [5.41, 5.74) is 0.347. The van der Waals surface area contributed by atoms with Gasteiger partial charge in [-0.15, -0.1) is 10.2 Å². The molecular weight excluding hydrogens is 484 g/mol. The molecule has 0 bridgehead atoms. The molecule has 36 heavy (non-hydrogen) atoms. The van der Waals surface area contributed by atoms with Gasteiger partial charge in [0.2, 0.25) is 0 Å². The molecule has 0 saturated carbocycles. The average Bonchev–Trinajstić information content (AvgIpc) is 3.61. The summed E-state index contributed by atoms with van der Waals surface area (Å²) in [6.45, 7) is 0.161.